The molecule has 0 heterocycles. The molecule has 14 heavy (non-hydrogen) atoms. The predicted octanol–water partition coefficient (Wildman–Crippen LogP) is 2.19. The van der Waals surface area contributed by atoms with Gasteiger partial charge in [0.15, 0.2) is 0 Å². The molecule has 4 nitrogen and oxygen atoms in total. The monoisotopic (exact) mass is 199 g/mol. The van der Waals surface area contributed by atoms with Gasteiger partial charge in [0.1, 0.15) is 5.78 Å². The van der Waals surface area contributed by atoms with Crippen molar-refractivity contribution in [3.8, 4) is 0 Å². The first-order valence-electron chi connectivity index (χ1n) is 5.11. The molecule has 1 unspecified atom stereocenters. The van der Waals surface area contributed by atoms with Crippen molar-refractivity contribution in [3.63, 3.8) is 0 Å². The van der Waals surface area contributed by atoms with Crippen LogP contribution in [0.3, 0.4) is 0 Å². The molecule has 0 amide bonds. The maximum absolute atomic E-state index is 11.3. The van der Waals surface area contributed by atoms with Gasteiger partial charge in [-0.1, -0.05) is 6.42 Å². The van der Waals surface area contributed by atoms with E-state index in [9.17, 15) is 14.9 Å². The highest BCUT2D eigenvalue weighted by Gasteiger charge is 2.41. The van der Waals surface area contributed by atoms with Gasteiger partial charge < -0.3 is 0 Å². The van der Waals surface area contributed by atoms with Crippen molar-refractivity contribution in [1.82, 2.24) is 0 Å². The van der Waals surface area contributed by atoms with Gasteiger partial charge in [0.05, 0.1) is 0 Å². The average molecular weight is 199 g/mol. The van der Waals surface area contributed by atoms with Gasteiger partial charge in [-0.15, -0.1) is 0 Å². The zero-order valence-corrected chi connectivity index (χ0v) is 8.78. The normalized spacial score (nSPS) is 24.4. The summed E-state index contributed by atoms with van der Waals surface area (Å²) in [5, 5.41) is 10.8. The minimum absolute atomic E-state index is 0.0903. The summed E-state index contributed by atoms with van der Waals surface area (Å²) >= 11 is 0. The largest absolute Gasteiger partial charge is 0.300 e. The molecule has 0 saturated heterocycles. The van der Waals surface area contributed by atoms with Gasteiger partial charge in [0.2, 0.25) is 5.54 Å². The average Bonchev–Trinajstić information content (AvgIpc) is 2.29. The molecule has 1 rings (SSSR count). The number of carbonyl (C=O) groups excluding carboxylic acids is 1. The molecule has 1 aliphatic rings. The molecule has 0 aromatic heterocycles. The van der Waals surface area contributed by atoms with Crippen molar-refractivity contribution in [1.29, 1.82) is 0 Å². The summed E-state index contributed by atoms with van der Waals surface area (Å²) in [5.41, 5.74) is -0.958. The summed E-state index contributed by atoms with van der Waals surface area (Å²) in [6.45, 7) is 3.24. The Labute approximate surface area is 83.8 Å². The van der Waals surface area contributed by atoms with Crippen molar-refractivity contribution in [2.45, 2.75) is 51.5 Å². The van der Waals surface area contributed by atoms with Crippen LogP contribution < -0.4 is 0 Å². The highest BCUT2D eigenvalue weighted by Crippen LogP contribution is 2.31. The van der Waals surface area contributed by atoms with E-state index < -0.39 is 5.54 Å². The number of nitrogens with zero attached hydrogens (tertiary/aromatic N) is 1. The van der Waals surface area contributed by atoms with Crippen LogP contribution in [-0.2, 0) is 4.79 Å². The van der Waals surface area contributed by atoms with Gasteiger partial charge in [0.25, 0.3) is 0 Å². The SMILES string of the molecule is CC(C)(C1CCCCC(=O)C1)[N+](=O)[O-]. The van der Waals surface area contributed by atoms with Crippen LogP contribution in [0.15, 0.2) is 0 Å². The first-order chi connectivity index (χ1) is 6.44. The van der Waals surface area contributed by atoms with E-state index in [2.05, 4.69) is 0 Å². The lowest BCUT2D eigenvalue weighted by Gasteiger charge is -2.24. The zero-order valence-electron chi connectivity index (χ0n) is 8.78. The molecule has 0 spiro atoms. The molecule has 1 aliphatic carbocycles. The van der Waals surface area contributed by atoms with Crippen LogP contribution in [0.25, 0.3) is 0 Å². The van der Waals surface area contributed by atoms with Crippen LogP contribution in [0.4, 0.5) is 0 Å². The van der Waals surface area contributed by atoms with E-state index in [4.69, 9.17) is 0 Å². The summed E-state index contributed by atoms with van der Waals surface area (Å²) in [4.78, 5) is 21.9. The van der Waals surface area contributed by atoms with Crippen LogP contribution in [0.5, 0.6) is 0 Å². The number of rotatable bonds is 2. The van der Waals surface area contributed by atoms with E-state index >= 15 is 0 Å². The molecule has 0 radical (unpaired) electrons. The lowest BCUT2D eigenvalue weighted by molar-refractivity contribution is -0.571. The lowest BCUT2D eigenvalue weighted by atomic mass is 9.82. The van der Waals surface area contributed by atoms with Crippen molar-refractivity contribution < 1.29 is 9.72 Å². The standard InChI is InChI=1S/C10H17NO3/c1-10(2,11(13)14)8-5-3-4-6-9(12)7-8/h8H,3-7H2,1-2H3. The molecular weight excluding hydrogens is 182 g/mol. The highest BCUT2D eigenvalue weighted by atomic mass is 16.6. The van der Waals surface area contributed by atoms with Crippen molar-refractivity contribution in [2.24, 2.45) is 5.92 Å². The van der Waals surface area contributed by atoms with Crippen LogP contribution in [0, 0.1) is 16.0 Å². The summed E-state index contributed by atoms with van der Waals surface area (Å²) in [6.07, 6.45) is 3.62. The molecule has 0 aromatic carbocycles. The number of hydrogen-bond donors (Lipinski definition) is 0. The third-order valence-corrected chi connectivity index (χ3v) is 3.20. The topological polar surface area (TPSA) is 60.2 Å². The quantitative estimate of drug-likeness (QED) is 0.389. The summed E-state index contributed by atoms with van der Waals surface area (Å²) in [7, 11) is 0. The van der Waals surface area contributed by atoms with E-state index in [1.807, 2.05) is 0 Å². The second-order valence-electron chi connectivity index (χ2n) is 4.60. The molecule has 0 bridgehead atoms. The maximum Gasteiger partial charge on any atom is 0.220 e. The molecular formula is C10H17NO3. The molecule has 0 aliphatic heterocycles. The predicted molar refractivity (Wildman–Crippen MR) is 52.7 cm³/mol. The minimum atomic E-state index is -0.958. The molecule has 1 atom stereocenters. The van der Waals surface area contributed by atoms with E-state index in [1.165, 1.54) is 0 Å². The first kappa shape index (κ1) is 11.1. The van der Waals surface area contributed by atoms with Gasteiger partial charge in [-0.05, 0) is 12.8 Å². The summed E-state index contributed by atoms with van der Waals surface area (Å²) in [5.74, 6) is 0.0925. The first-order valence-corrected chi connectivity index (χ1v) is 5.11. The van der Waals surface area contributed by atoms with E-state index in [0.29, 0.717) is 12.8 Å². The van der Waals surface area contributed by atoms with Gasteiger partial charge in [-0.3, -0.25) is 14.9 Å². The van der Waals surface area contributed by atoms with Crippen LogP contribution in [-0.4, -0.2) is 16.2 Å². The van der Waals surface area contributed by atoms with Gasteiger partial charge in [-0.25, -0.2) is 0 Å². The second-order valence-corrected chi connectivity index (χ2v) is 4.60. The molecule has 4 heteroatoms. The fourth-order valence-electron chi connectivity index (χ4n) is 1.94. The number of ketones is 1. The summed E-state index contributed by atoms with van der Waals surface area (Å²) in [6, 6.07) is 0. The Kier molecular flexibility index (Phi) is 3.24. The highest BCUT2D eigenvalue weighted by molar-refractivity contribution is 5.78. The smallest absolute Gasteiger partial charge is 0.220 e. The van der Waals surface area contributed by atoms with Crippen LogP contribution in [0.2, 0.25) is 0 Å². The van der Waals surface area contributed by atoms with Crippen molar-refractivity contribution in [2.75, 3.05) is 0 Å². The minimum Gasteiger partial charge on any atom is -0.300 e. The Hall–Kier alpha value is -0.930. The fraction of sp³-hybridized carbons (Fsp3) is 0.900. The third kappa shape index (κ3) is 2.30. The molecule has 0 aromatic rings. The fourth-order valence-corrected chi connectivity index (χ4v) is 1.94. The van der Waals surface area contributed by atoms with Crippen molar-refractivity contribution in [3.05, 3.63) is 10.1 Å². The number of carbonyl (C=O) groups is 1. The Morgan fingerprint density at radius 1 is 1.43 bits per heavy atom. The Morgan fingerprint density at radius 3 is 2.64 bits per heavy atom. The molecule has 1 saturated carbocycles. The van der Waals surface area contributed by atoms with Gasteiger partial charge in [-0.2, -0.15) is 0 Å². The zero-order chi connectivity index (χ0) is 10.8. The number of hydrogen-bond acceptors (Lipinski definition) is 3. The van der Waals surface area contributed by atoms with Crippen molar-refractivity contribution >= 4 is 5.78 Å². The third-order valence-electron chi connectivity index (χ3n) is 3.20. The Morgan fingerprint density at radius 2 is 2.07 bits per heavy atom. The van der Waals surface area contributed by atoms with Gasteiger partial charge in [0, 0.05) is 37.5 Å². The number of Topliss-reactive ketones (excluding diaryl/α,β-unsaturated/α-hetero) is 1. The molecule has 80 valence electrons. The summed E-state index contributed by atoms with van der Waals surface area (Å²) < 4.78 is 0. The maximum atomic E-state index is 11.3. The Balaban J connectivity index is 2.74. The second kappa shape index (κ2) is 4.07. The van der Waals surface area contributed by atoms with Gasteiger partial charge >= 0.3 is 0 Å². The van der Waals surface area contributed by atoms with E-state index in [-0.39, 0.29) is 16.6 Å². The molecule has 1 fully saturated rings. The number of nitro groups is 1. The lowest BCUT2D eigenvalue weighted by Crippen LogP contribution is -2.40. The molecule has 0 N–H and O–H groups in total. The van der Waals surface area contributed by atoms with E-state index in [1.54, 1.807) is 13.8 Å². The van der Waals surface area contributed by atoms with E-state index in [0.717, 1.165) is 19.3 Å². The van der Waals surface area contributed by atoms with Crippen LogP contribution >= 0.6 is 0 Å². The Bertz CT molecular complexity index is 248. The van der Waals surface area contributed by atoms with Crippen LogP contribution in [0.1, 0.15) is 46.0 Å².